The second-order valence-corrected chi connectivity index (χ2v) is 9.18. The fraction of sp³-hybridized carbons (Fsp3) is 0.320. The molecule has 1 fully saturated rings. The summed E-state index contributed by atoms with van der Waals surface area (Å²) in [4.78, 5) is 26.1. The molecule has 1 saturated heterocycles. The Hall–Kier alpha value is -2.47. The molecule has 3 aromatic rings. The van der Waals surface area contributed by atoms with Crippen LogP contribution in [0, 0.1) is 0 Å². The van der Waals surface area contributed by atoms with Crippen molar-refractivity contribution in [3.63, 3.8) is 0 Å². The standard InChI is InChI=1S/C25H26Cl2N4O/c1-30-5-7-31(8-6-30)24-4-2-3-18(12-24)11-22-15-23(29-17-28-22)16-25(32)13-19-9-20(26)14-21(27)10-19/h2-4,9-10,12,14-15,17H,5-8,11,13,16H2,1H3. The number of aromatic nitrogens is 2. The monoisotopic (exact) mass is 468 g/mol. The van der Waals surface area contributed by atoms with Crippen LogP contribution in [0.1, 0.15) is 22.5 Å². The predicted molar refractivity (Wildman–Crippen MR) is 130 cm³/mol. The summed E-state index contributed by atoms with van der Waals surface area (Å²) >= 11 is 12.1. The van der Waals surface area contributed by atoms with E-state index in [0.29, 0.717) is 16.5 Å². The Bertz CT molecular complexity index is 1080. The van der Waals surface area contributed by atoms with Crippen molar-refractivity contribution < 1.29 is 4.79 Å². The third-order valence-corrected chi connectivity index (χ3v) is 6.08. The highest BCUT2D eigenvalue weighted by Crippen LogP contribution is 2.21. The van der Waals surface area contributed by atoms with E-state index in [2.05, 4.69) is 51.1 Å². The number of anilines is 1. The number of piperazine rings is 1. The molecule has 0 atom stereocenters. The minimum Gasteiger partial charge on any atom is -0.369 e. The van der Waals surface area contributed by atoms with E-state index in [0.717, 1.165) is 43.1 Å². The lowest BCUT2D eigenvalue weighted by Gasteiger charge is -2.34. The van der Waals surface area contributed by atoms with Crippen molar-refractivity contribution in [2.75, 3.05) is 38.1 Å². The summed E-state index contributed by atoms with van der Waals surface area (Å²) in [7, 11) is 2.16. The third kappa shape index (κ3) is 6.28. The highest BCUT2D eigenvalue weighted by atomic mass is 35.5. The number of likely N-dealkylation sites (N-methyl/N-ethyl adjacent to an activating group) is 1. The number of Topliss-reactive ketones (excluding diaryl/α,β-unsaturated/α-hetero) is 1. The van der Waals surface area contributed by atoms with Crippen molar-refractivity contribution in [1.29, 1.82) is 0 Å². The average molecular weight is 469 g/mol. The second-order valence-electron chi connectivity index (χ2n) is 8.31. The number of nitrogens with zero attached hydrogens (tertiary/aromatic N) is 4. The number of carbonyl (C=O) groups is 1. The Balaban J connectivity index is 1.40. The van der Waals surface area contributed by atoms with Crippen LogP contribution >= 0.6 is 23.2 Å². The molecule has 0 spiro atoms. The third-order valence-electron chi connectivity index (χ3n) is 5.65. The first-order valence-electron chi connectivity index (χ1n) is 10.7. The number of carbonyl (C=O) groups excluding carboxylic acids is 1. The van der Waals surface area contributed by atoms with Crippen LogP contribution < -0.4 is 4.90 Å². The Labute approximate surface area is 199 Å². The maximum atomic E-state index is 12.6. The summed E-state index contributed by atoms with van der Waals surface area (Å²) in [6.07, 6.45) is 2.77. The van der Waals surface area contributed by atoms with Crippen LogP contribution in [0.15, 0.2) is 54.9 Å². The highest BCUT2D eigenvalue weighted by Gasteiger charge is 2.15. The summed E-state index contributed by atoms with van der Waals surface area (Å²) in [5.41, 5.74) is 4.89. The van der Waals surface area contributed by atoms with Crippen molar-refractivity contribution in [2.45, 2.75) is 19.3 Å². The zero-order valence-corrected chi connectivity index (χ0v) is 19.6. The molecule has 5 nitrogen and oxygen atoms in total. The zero-order valence-electron chi connectivity index (χ0n) is 18.1. The van der Waals surface area contributed by atoms with E-state index < -0.39 is 0 Å². The van der Waals surface area contributed by atoms with E-state index in [1.54, 1.807) is 24.5 Å². The summed E-state index contributed by atoms with van der Waals surface area (Å²) in [6, 6.07) is 15.7. The van der Waals surface area contributed by atoms with E-state index in [-0.39, 0.29) is 18.6 Å². The van der Waals surface area contributed by atoms with Crippen LogP contribution in [0.2, 0.25) is 10.0 Å². The van der Waals surface area contributed by atoms with E-state index >= 15 is 0 Å². The molecule has 0 aliphatic carbocycles. The molecule has 7 heteroatoms. The van der Waals surface area contributed by atoms with Gasteiger partial charge >= 0.3 is 0 Å². The van der Waals surface area contributed by atoms with Gasteiger partial charge < -0.3 is 9.80 Å². The van der Waals surface area contributed by atoms with Crippen LogP contribution in [0.25, 0.3) is 0 Å². The van der Waals surface area contributed by atoms with Crippen molar-refractivity contribution in [3.8, 4) is 0 Å². The molecule has 0 N–H and O–H groups in total. The van der Waals surface area contributed by atoms with Crippen LogP contribution in [-0.2, 0) is 24.1 Å². The molecule has 2 aromatic carbocycles. The van der Waals surface area contributed by atoms with Gasteiger partial charge in [-0.2, -0.15) is 0 Å². The van der Waals surface area contributed by atoms with Gasteiger partial charge in [0, 0.05) is 66.9 Å². The van der Waals surface area contributed by atoms with Crippen molar-refractivity contribution in [1.82, 2.24) is 14.9 Å². The molecule has 1 aliphatic rings. The minimum atomic E-state index is 0.0602. The predicted octanol–water partition coefficient (Wildman–Crippen LogP) is 4.48. The van der Waals surface area contributed by atoms with Gasteiger partial charge in [-0.1, -0.05) is 35.3 Å². The number of rotatable bonds is 7. The number of halogens is 2. The maximum Gasteiger partial charge on any atom is 0.143 e. The Morgan fingerprint density at radius 1 is 0.875 bits per heavy atom. The fourth-order valence-electron chi connectivity index (χ4n) is 3.98. The topological polar surface area (TPSA) is 49.3 Å². The van der Waals surface area contributed by atoms with E-state index in [1.807, 2.05) is 6.07 Å². The summed E-state index contributed by atoms with van der Waals surface area (Å²) in [5, 5.41) is 1.06. The smallest absolute Gasteiger partial charge is 0.143 e. The van der Waals surface area contributed by atoms with Crippen LogP contribution in [-0.4, -0.2) is 53.9 Å². The van der Waals surface area contributed by atoms with Crippen LogP contribution in [0.4, 0.5) is 5.69 Å². The van der Waals surface area contributed by atoms with E-state index in [9.17, 15) is 4.79 Å². The number of hydrogen-bond acceptors (Lipinski definition) is 5. The lowest BCUT2D eigenvalue weighted by Crippen LogP contribution is -2.44. The Morgan fingerprint density at radius 2 is 1.59 bits per heavy atom. The van der Waals surface area contributed by atoms with Gasteiger partial charge in [-0.25, -0.2) is 9.97 Å². The van der Waals surface area contributed by atoms with Gasteiger partial charge in [-0.05, 0) is 54.6 Å². The molecule has 0 bridgehead atoms. The van der Waals surface area contributed by atoms with Gasteiger partial charge in [0.2, 0.25) is 0 Å². The molecular formula is C25H26Cl2N4O. The van der Waals surface area contributed by atoms with Crippen LogP contribution in [0.3, 0.4) is 0 Å². The number of hydrogen-bond donors (Lipinski definition) is 0. The van der Waals surface area contributed by atoms with Gasteiger partial charge in [-0.15, -0.1) is 0 Å². The molecule has 32 heavy (non-hydrogen) atoms. The van der Waals surface area contributed by atoms with Gasteiger partial charge in [0.15, 0.2) is 0 Å². The molecule has 0 saturated carbocycles. The first-order chi connectivity index (χ1) is 15.4. The zero-order chi connectivity index (χ0) is 22.5. The Kier molecular flexibility index (Phi) is 7.40. The molecule has 1 aliphatic heterocycles. The summed E-state index contributed by atoms with van der Waals surface area (Å²) in [5.74, 6) is 0.0602. The highest BCUT2D eigenvalue weighted by molar-refractivity contribution is 6.34. The normalized spacial score (nSPS) is 14.5. The average Bonchev–Trinajstić information content (AvgIpc) is 2.74. The number of benzene rings is 2. The Morgan fingerprint density at radius 3 is 2.34 bits per heavy atom. The van der Waals surface area contributed by atoms with Crippen molar-refractivity contribution in [2.24, 2.45) is 0 Å². The lowest BCUT2D eigenvalue weighted by molar-refractivity contribution is -0.117. The molecule has 1 aromatic heterocycles. The molecule has 0 amide bonds. The van der Waals surface area contributed by atoms with E-state index in [4.69, 9.17) is 23.2 Å². The van der Waals surface area contributed by atoms with E-state index in [1.165, 1.54) is 11.3 Å². The second kappa shape index (κ2) is 10.4. The molecule has 2 heterocycles. The molecular weight excluding hydrogens is 443 g/mol. The first-order valence-corrected chi connectivity index (χ1v) is 11.5. The minimum absolute atomic E-state index is 0.0602. The first kappa shape index (κ1) is 22.7. The van der Waals surface area contributed by atoms with Gasteiger partial charge in [-0.3, -0.25) is 4.79 Å². The number of ketones is 1. The summed E-state index contributed by atoms with van der Waals surface area (Å²) in [6.45, 7) is 4.24. The van der Waals surface area contributed by atoms with Crippen molar-refractivity contribution in [3.05, 3.63) is 87.4 Å². The molecule has 0 unspecified atom stereocenters. The van der Waals surface area contributed by atoms with Crippen molar-refractivity contribution >= 4 is 34.7 Å². The summed E-state index contributed by atoms with van der Waals surface area (Å²) < 4.78 is 0. The quantitative estimate of drug-likeness (QED) is 0.511. The molecule has 0 radical (unpaired) electrons. The SMILES string of the molecule is CN1CCN(c2cccc(Cc3cc(CC(=O)Cc4cc(Cl)cc(Cl)c4)ncn3)c2)CC1. The maximum absolute atomic E-state index is 12.6. The lowest BCUT2D eigenvalue weighted by atomic mass is 10.0. The fourth-order valence-corrected chi connectivity index (χ4v) is 4.55. The van der Waals surface area contributed by atoms with Gasteiger partial charge in [0.05, 0.1) is 5.69 Å². The molecule has 4 rings (SSSR count). The largest absolute Gasteiger partial charge is 0.369 e. The van der Waals surface area contributed by atoms with Gasteiger partial charge in [0.25, 0.3) is 0 Å². The van der Waals surface area contributed by atoms with Gasteiger partial charge in [0.1, 0.15) is 12.1 Å². The van der Waals surface area contributed by atoms with Crippen LogP contribution in [0.5, 0.6) is 0 Å². The molecule has 166 valence electrons.